The van der Waals surface area contributed by atoms with E-state index in [9.17, 15) is 0 Å². The second kappa shape index (κ2) is 3.29. The second-order valence-corrected chi connectivity index (χ2v) is 5.76. The van der Waals surface area contributed by atoms with Gasteiger partial charge in [-0.1, -0.05) is 29.3 Å². The molecular weight excluding hydrogens is 222 g/mol. The molecule has 0 N–H and O–H groups in total. The molecule has 3 heteroatoms. The van der Waals surface area contributed by atoms with E-state index in [2.05, 4.69) is 34.6 Å². The summed E-state index contributed by atoms with van der Waals surface area (Å²) in [6, 6.07) is 2.07. The van der Waals surface area contributed by atoms with E-state index in [0.717, 1.165) is 13.1 Å². The minimum atomic E-state index is 0.319. The Hall–Kier alpha value is -1.48. The summed E-state index contributed by atoms with van der Waals surface area (Å²) in [5.41, 5.74) is 4.36. The minimum absolute atomic E-state index is 0.319. The van der Waals surface area contributed by atoms with Crippen LogP contribution < -0.4 is 0 Å². The van der Waals surface area contributed by atoms with Crippen LogP contribution in [0.15, 0.2) is 18.5 Å². The van der Waals surface area contributed by atoms with Gasteiger partial charge in [-0.05, 0) is 36.7 Å². The van der Waals surface area contributed by atoms with Crippen molar-refractivity contribution >= 4 is 10.9 Å². The zero-order valence-corrected chi connectivity index (χ0v) is 10.5. The number of hydrogen-bond acceptors (Lipinski definition) is 2. The molecule has 94 valence electrons. The summed E-state index contributed by atoms with van der Waals surface area (Å²) in [7, 11) is 8.38. The van der Waals surface area contributed by atoms with Gasteiger partial charge in [0.05, 0.1) is 0 Å². The van der Waals surface area contributed by atoms with Gasteiger partial charge in [-0.3, -0.25) is 12.0 Å². The highest BCUT2D eigenvalue weighted by Gasteiger charge is 2.42. The van der Waals surface area contributed by atoms with E-state index >= 15 is 0 Å². The van der Waals surface area contributed by atoms with Crippen LogP contribution in [0.1, 0.15) is 30.5 Å². The Balaban J connectivity index is 2.07. The Morgan fingerprint density at radius 1 is 1.28 bits per heavy atom. The number of nitrogens with zero attached hydrogens (tertiary/aromatic N) is 3. The average Bonchev–Trinajstić information content (AvgIpc) is 2.61. The van der Waals surface area contributed by atoms with Gasteiger partial charge in [0.1, 0.15) is 0 Å². The molecule has 0 bridgehead atoms. The number of hydrogen-bond donors (Lipinski definition) is 0. The monoisotopic (exact) mass is 239 g/mol. The van der Waals surface area contributed by atoms with E-state index < -0.39 is 0 Å². The van der Waals surface area contributed by atoms with Crippen molar-refractivity contribution in [3.05, 3.63) is 43.8 Å². The van der Waals surface area contributed by atoms with E-state index in [1.807, 2.05) is 12.4 Å². The number of pyridine rings is 1. The van der Waals surface area contributed by atoms with Gasteiger partial charge in [0, 0.05) is 12.4 Å². The lowest BCUT2D eigenvalue weighted by atomic mass is 9.62. The van der Waals surface area contributed by atoms with Crippen molar-refractivity contribution in [3.63, 3.8) is 0 Å². The fourth-order valence-corrected chi connectivity index (χ4v) is 3.79. The van der Waals surface area contributed by atoms with Gasteiger partial charge in [0.25, 0.3) is 0 Å². The van der Waals surface area contributed by atoms with Gasteiger partial charge >= 0.3 is 0 Å². The summed E-state index contributed by atoms with van der Waals surface area (Å²) in [4.78, 5) is 6.50. The minimum Gasteiger partial charge on any atom is -0.483 e. The molecule has 1 aliphatic heterocycles. The fourth-order valence-electron chi connectivity index (χ4n) is 3.79. The highest BCUT2D eigenvalue weighted by Crippen LogP contribution is 2.51. The molecule has 1 spiro atoms. The Labute approximate surface area is 107 Å². The predicted molar refractivity (Wildman–Crippen MR) is 71.8 cm³/mol. The maximum absolute atomic E-state index is 4.31. The largest absolute Gasteiger partial charge is 0.483 e. The Morgan fingerprint density at radius 2 is 2.11 bits per heavy atom. The lowest BCUT2D eigenvalue weighted by Crippen LogP contribution is -2.47. The van der Waals surface area contributed by atoms with Crippen LogP contribution in [0.4, 0.5) is 0 Å². The van der Waals surface area contributed by atoms with Crippen LogP contribution in [0, 0.1) is 14.1 Å². The lowest BCUT2D eigenvalue weighted by molar-refractivity contribution is 0.146. The molecule has 0 radical (unpaired) electrons. The summed E-state index contributed by atoms with van der Waals surface area (Å²) >= 11 is 0. The molecule has 1 saturated carbocycles. The molecule has 0 saturated heterocycles. The van der Waals surface area contributed by atoms with Crippen LogP contribution in [0.5, 0.6) is 0 Å². The van der Waals surface area contributed by atoms with Crippen LogP contribution in [-0.4, -0.2) is 21.0 Å². The molecule has 0 amide bonds. The first-order valence-corrected chi connectivity index (χ1v) is 6.55. The molecule has 1 fully saturated rings. The molecule has 0 atom stereocenters. The Bertz CT molecular complexity index is 622. The van der Waals surface area contributed by atoms with Gasteiger partial charge in [-0.25, -0.2) is 0 Å². The van der Waals surface area contributed by atoms with Crippen LogP contribution in [0.2, 0.25) is 0 Å². The molecule has 3 heterocycles. The Kier molecular flexibility index (Phi) is 1.91. The molecule has 3 nitrogen and oxygen atoms in total. The maximum atomic E-state index is 4.31. The highest BCUT2D eigenvalue weighted by atomic mass is 15.1. The third-order valence-corrected chi connectivity index (χ3v) is 4.71. The highest BCUT2D eigenvalue weighted by molar-refractivity contribution is 5.86. The molecule has 2 aliphatic rings. The number of rotatable bonds is 0. The van der Waals surface area contributed by atoms with E-state index in [0.29, 0.717) is 5.41 Å². The van der Waals surface area contributed by atoms with E-state index in [1.54, 1.807) is 0 Å². The zero-order chi connectivity index (χ0) is 12.3. The smallest absolute Gasteiger partial charge is 0.0230 e. The molecule has 2 aromatic rings. The SMILES string of the molecule is [CH2-]N1Cc2c(c3cnccc3n2[CH2-])C2(CCC2)C1. The summed E-state index contributed by atoms with van der Waals surface area (Å²) < 4.78 is 2.09. The van der Waals surface area contributed by atoms with Crippen LogP contribution in [0.25, 0.3) is 10.9 Å². The van der Waals surface area contributed by atoms with Crippen LogP contribution in [0.3, 0.4) is 0 Å². The molecule has 4 rings (SSSR count). The van der Waals surface area contributed by atoms with Crippen molar-refractivity contribution in [1.29, 1.82) is 0 Å². The first-order valence-electron chi connectivity index (χ1n) is 6.55. The van der Waals surface area contributed by atoms with Crippen molar-refractivity contribution < 1.29 is 0 Å². The van der Waals surface area contributed by atoms with Gasteiger partial charge in [0.15, 0.2) is 0 Å². The molecule has 18 heavy (non-hydrogen) atoms. The quantitative estimate of drug-likeness (QED) is 0.659. The van der Waals surface area contributed by atoms with Crippen molar-refractivity contribution in [1.82, 2.24) is 14.5 Å². The Morgan fingerprint density at radius 3 is 2.83 bits per heavy atom. The van der Waals surface area contributed by atoms with Gasteiger partial charge < -0.3 is 9.47 Å². The molecular formula is C15H17N3-2. The van der Waals surface area contributed by atoms with Crippen molar-refractivity contribution in [2.75, 3.05) is 6.54 Å². The lowest BCUT2D eigenvalue weighted by Gasteiger charge is -2.53. The first-order chi connectivity index (χ1) is 8.71. The second-order valence-electron chi connectivity index (χ2n) is 5.76. The topological polar surface area (TPSA) is 21.1 Å². The molecule has 2 aromatic heterocycles. The first kappa shape index (κ1) is 10.4. The zero-order valence-electron chi connectivity index (χ0n) is 10.5. The summed E-state index contributed by atoms with van der Waals surface area (Å²) in [6.07, 6.45) is 7.75. The van der Waals surface area contributed by atoms with Gasteiger partial charge in [-0.15, -0.1) is 7.05 Å². The summed E-state index contributed by atoms with van der Waals surface area (Å²) in [5.74, 6) is 0. The average molecular weight is 239 g/mol. The predicted octanol–water partition coefficient (Wildman–Crippen LogP) is 2.70. The van der Waals surface area contributed by atoms with Crippen molar-refractivity contribution in [3.8, 4) is 0 Å². The van der Waals surface area contributed by atoms with Crippen molar-refractivity contribution in [2.24, 2.45) is 0 Å². The summed E-state index contributed by atoms with van der Waals surface area (Å²) in [5, 5.41) is 1.30. The summed E-state index contributed by atoms with van der Waals surface area (Å²) in [6.45, 7) is 1.98. The maximum Gasteiger partial charge on any atom is 0.0230 e. The molecule has 1 aliphatic carbocycles. The van der Waals surface area contributed by atoms with Gasteiger partial charge in [0.2, 0.25) is 0 Å². The van der Waals surface area contributed by atoms with Crippen LogP contribution >= 0.6 is 0 Å². The van der Waals surface area contributed by atoms with Crippen molar-refractivity contribution in [2.45, 2.75) is 31.2 Å². The normalized spacial score (nSPS) is 22.1. The van der Waals surface area contributed by atoms with E-state index in [1.165, 1.54) is 41.4 Å². The third-order valence-electron chi connectivity index (χ3n) is 4.71. The van der Waals surface area contributed by atoms with E-state index in [-0.39, 0.29) is 0 Å². The molecule has 0 aromatic carbocycles. The number of fused-ring (bicyclic) bond motifs is 4. The third kappa shape index (κ3) is 1.13. The molecule has 0 unspecified atom stereocenters. The standard InChI is InChI=1S/C15H17N3/c1-17-9-13-14(15(10-17)5-3-6-15)11-8-16-7-4-12(11)18(13)2/h4,7-8H,1-3,5-6,9-10H2/q-2. The van der Waals surface area contributed by atoms with Gasteiger partial charge in [-0.2, -0.15) is 0 Å². The van der Waals surface area contributed by atoms with E-state index in [4.69, 9.17) is 0 Å². The fraction of sp³-hybridized carbons (Fsp3) is 0.400. The van der Waals surface area contributed by atoms with Crippen LogP contribution in [-0.2, 0) is 12.0 Å². The number of aromatic nitrogens is 2.